The predicted molar refractivity (Wildman–Crippen MR) is 80.9 cm³/mol. The number of aliphatic hydroxyl groups is 1. The summed E-state index contributed by atoms with van der Waals surface area (Å²) in [6.07, 6.45) is 0.923. The molecule has 3 rings (SSSR count). The fraction of sp³-hybridized carbons (Fsp3) is 0.250. The van der Waals surface area contributed by atoms with Gasteiger partial charge in [0, 0.05) is 22.8 Å². The van der Waals surface area contributed by atoms with Gasteiger partial charge in [-0.3, -0.25) is 0 Å². The molecule has 0 saturated heterocycles. The highest BCUT2D eigenvalue weighted by Gasteiger charge is 2.19. The molecule has 2 aromatic rings. The van der Waals surface area contributed by atoms with Gasteiger partial charge in [0.25, 0.3) is 0 Å². The van der Waals surface area contributed by atoms with Crippen LogP contribution in [0.1, 0.15) is 12.0 Å². The average molecular weight is 290 g/mol. The van der Waals surface area contributed by atoms with Crippen molar-refractivity contribution in [2.75, 3.05) is 18.1 Å². The Labute approximate surface area is 123 Å². The van der Waals surface area contributed by atoms with E-state index in [2.05, 4.69) is 4.90 Å². The van der Waals surface area contributed by atoms with E-state index in [-0.39, 0.29) is 6.61 Å². The lowest BCUT2D eigenvalue weighted by atomic mass is 10.1. The summed E-state index contributed by atoms with van der Waals surface area (Å²) in [5, 5.41) is 10.2. The Morgan fingerprint density at radius 3 is 2.85 bits per heavy atom. The molecule has 4 heteroatoms. The van der Waals surface area contributed by atoms with Crippen molar-refractivity contribution in [3.8, 4) is 5.75 Å². The fourth-order valence-corrected chi connectivity index (χ4v) is 2.67. The summed E-state index contributed by atoms with van der Waals surface area (Å²) in [6, 6.07) is 13.5. The molecule has 2 aromatic carbocycles. The Hall–Kier alpha value is -1.71. The fourth-order valence-electron chi connectivity index (χ4n) is 2.50. The van der Waals surface area contributed by atoms with Crippen molar-refractivity contribution in [1.29, 1.82) is 0 Å². The highest BCUT2D eigenvalue weighted by Crippen LogP contribution is 2.38. The molecule has 0 fully saturated rings. The lowest BCUT2D eigenvalue weighted by molar-refractivity contribution is 0.282. The Bertz CT molecular complexity index is 615. The molecular formula is C16H16ClNO2. The molecule has 0 bridgehead atoms. The molecule has 0 atom stereocenters. The Morgan fingerprint density at radius 2 is 2.00 bits per heavy atom. The Kier molecular flexibility index (Phi) is 3.81. The van der Waals surface area contributed by atoms with Gasteiger partial charge >= 0.3 is 0 Å². The van der Waals surface area contributed by atoms with Gasteiger partial charge in [0.15, 0.2) is 0 Å². The zero-order valence-corrected chi connectivity index (χ0v) is 11.8. The number of para-hydroxylation sites is 2. The van der Waals surface area contributed by atoms with Gasteiger partial charge in [-0.1, -0.05) is 29.8 Å². The Balaban J connectivity index is 2.12. The van der Waals surface area contributed by atoms with Crippen molar-refractivity contribution in [2.45, 2.75) is 13.0 Å². The number of benzene rings is 2. The minimum absolute atomic E-state index is 0.00791. The molecule has 0 amide bonds. The number of halogens is 1. The van der Waals surface area contributed by atoms with E-state index in [4.69, 9.17) is 16.3 Å². The number of nitrogens with zero attached hydrogens (tertiary/aromatic N) is 1. The van der Waals surface area contributed by atoms with Gasteiger partial charge in [0.2, 0.25) is 0 Å². The lowest BCUT2D eigenvalue weighted by Gasteiger charge is -2.26. The molecule has 0 aliphatic carbocycles. The zero-order valence-electron chi connectivity index (χ0n) is 11.1. The Morgan fingerprint density at radius 1 is 1.15 bits per heavy atom. The highest BCUT2D eigenvalue weighted by atomic mass is 35.5. The van der Waals surface area contributed by atoms with Crippen molar-refractivity contribution in [2.24, 2.45) is 0 Å². The number of aliphatic hydroxyl groups excluding tert-OH is 1. The van der Waals surface area contributed by atoms with E-state index in [1.807, 2.05) is 36.4 Å². The van der Waals surface area contributed by atoms with Gasteiger partial charge in [0.05, 0.1) is 18.9 Å². The van der Waals surface area contributed by atoms with E-state index in [1.165, 1.54) is 0 Å². The van der Waals surface area contributed by atoms with Crippen LogP contribution in [0.25, 0.3) is 0 Å². The van der Waals surface area contributed by atoms with Crippen LogP contribution in [0.15, 0.2) is 42.5 Å². The zero-order chi connectivity index (χ0) is 13.9. The second-order valence-corrected chi connectivity index (χ2v) is 5.19. The molecule has 1 aliphatic heterocycles. The molecule has 1 heterocycles. The molecule has 0 spiro atoms. The summed E-state index contributed by atoms with van der Waals surface area (Å²) < 4.78 is 5.77. The molecule has 104 valence electrons. The van der Waals surface area contributed by atoms with Gasteiger partial charge in [-0.05, 0) is 30.7 Å². The van der Waals surface area contributed by atoms with Crippen molar-refractivity contribution in [1.82, 2.24) is 0 Å². The van der Waals surface area contributed by atoms with Crippen LogP contribution in [0.3, 0.4) is 0 Å². The smallest absolute Gasteiger partial charge is 0.142 e. The summed E-state index contributed by atoms with van der Waals surface area (Å²) in [6.45, 7) is 1.53. The van der Waals surface area contributed by atoms with Crippen LogP contribution in [-0.2, 0) is 6.61 Å². The first-order valence-electron chi connectivity index (χ1n) is 6.68. The second-order valence-electron chi connectivity index (χ2n) is 4.75. The van der Waals surface area contributed by atoms with Crippen LogP contribution < -0.4 is 9.64 Å². The molecule has 0 unspecified atom stereocenters. The third-order valence-corrected chi connectivity index (χ3v) is 3.68. The standard InChI is InChI=1S/C16H16ClNO2/c17-13-7-6-12(11-19)15(10-13)18-8-3-9-20-16-5-2-1-4-14(16)18/h1-2,4-7,10,19H,3,8-9,11H2. The summed E-state index contributed by atoms with van der Waals surface area (Å²) in [4.78, 5) is 2.17. The molecular weight excluding hydrogens is 274 g/mol. The highest BCUT2D eigenvalue weighted by molar-refractivity contribution is 6.30. The van der Waals surface area contributed by atoms with Gasteiger partial charge < -0.3 is 14.7 Å². The van der Waals surface area contributed by atoms with E-state index >= 15 is 0 Å². The molecule has 3 nitrogen and oxygen atoms in total. The number of anilines is 2. The predicted octanol–water partition coefficient (Wildman–Crippen LogP) is 3.75. The van der Waals surface area contributed by atoms with Crippen molar-refractivity contribution in [3.63, 3.8) is 0 Å². The number of rotatable bonds is 2. The van der Waals surface area contributed by atoms with Gasteiger partial charge in [-0.25, -0.2) is 0 Å². The number of hydrogen-bond donors (Lipinski definition) is 1. The first-order valence-corrected chi connectivity index (χ1v) is 7.06. The quantitative estimate of drug-likeness (QED) is 0.914. The van der Waals surface area contributed by atoms with Gasteiger partial charge in [-0.2, -0.15) is 0 Å². The van der Waals surface area contributed by atoms with E-state index in [0.29, 0.717) is 11.6 Å². The molecule has 0 radical (unpaired) electrons. The summed E-state index contributed by atoms with van der Waals surface area (Å²) in [5.74, 6) is 0.869. The largest absolute Gasteiger partial charge is 0.491 e. The summed E-state index contributed by atoms with van der Waals surface area (Å²) >= 11 is 6.12. The normalized spacial score (nSPS) is 14.4. The topological polar surface area (TPSA) is 32.7 Å². The van der Waals surface area contributed by atoms with Crippen molar-refractivity contribution >= 4 is 23.0 Å². The van der Waals surface area contributed by atoms with Crippen LogP contribution in [0.5, 0.6) is 5.75 Å². The van der Waals surface area contributed by atoms with Gasteiger partial charge in [0.1, 0.15) is 5.75 Å². The second kappa shape index (κ2) is 5.73. The molecule has 0 aromatic heterocycles. The molecule has 1 aliphatic rings. The summed E-state index contributed by atoms with van der Waals surface area (Å²) in [5.41, 5.74) is 2.83. The monoisotopic (exact) mass is 289 g/mol. The van der Waals surface area contributed by atoms with Crippen LogP contribution in [0, 0.1) is 0 Å². The van der Waals surface area contributed by atoms with E-state index in [9.17, 15) is 5.11 Å². The maximum atomic E-state index is 9.56. The maximum absolute atomic E-state index is 9.56. The number of hydrogen-bond acceptors (Lipinski definition) is 3. The van der Waals surface area contributed by atoms with Crippen LogP contribution in [-0.4, -0.2) is 18.3 Å². The van der Waals surface area contributed by atoms with Crippen LogP contribution in [0.2, 0.25) is 5.02 Å². The van der Waals surface area contributed by atoms with E-state index in [1.54, 1.807) is 6.07 Å². The van der Waals surface area contributed by atoms with Crippen LogP contribution >= 0.6 is 11.6 Å². The first-order chi connectivity index (χ1) is 9.79. The maximum Gasteiger partial charge on any atom is 0.142 e. The van der Waals surface area contributed by atoms with Crippen molar-refractivity contribution in [3.05, 3.63) is 53.1 Å². The van der Waals surface area contributed by atoms with E-state index < -0.39 is 0 Å². The third kappa shape index (κ3) is 2.47. The molecule has 1 N–H and O–H groups in total. The third-order valence-electron chi connectivity index (χ3n) is 3.45. The number of ether oxygens (including phenoxy) is 1. The van der Waals surface area contributed by atoms with Crippen molar-refractivity contribution < 1.29 is 9.84 Å². The van der Waals surface area contributed by atoms with E-state index in [0.717, 1.165) is 35.7 Å². The summed E-state index contributed by atoms with van der Waals surface area (Å²) in [7, 11) is 0. The average Bonchev–Trinajstić information content (AvgIpc) is 2.69. The first kappa shape index (κ1) is 13.3. The minimum atomic E-state index is -0.00791. The minimum Gasteiger partial charge on any atom is -0.491 e. The van der Waals surface area contributed by atoms with Crippen LogP contribution in [0.4, 0.5) is 11.4 Å². The van der Waals surface area contributed by atoms with Gasteiger partial charge in [-0.15, -0.1) is 0 Å². The number of fused-ring (bicyclic) bond motifs is 1. The SMILES string of the molecule is OCc1ccc(Cl)cc1N1CCCOc2ccccc21. The molecule has 20 heavy (non-hydrogen) atoms. The molecule has 0 saturated carbocycles. The lowest BCUT2D eigenvalue weighted by Crippen LogP contribution is -2.19.